The van der Waals surface area contributed by atoms with Crippen LogP contribution in [-0.2, 0) is 9.47 Å². The van der Waals surface area contributed by atoms with Crippen LogP contribution in [0.25, 0.3) is 0 Å². The summed E-state index contributed by atoms with van der Waals surface area (Å²) in [7, 11) is 1.67. The topological polar surface area (TPSA) is 38.7 Å². The second-order valence-corrected chi connectivity index (χ2v) is 4.60. The number of hydrogen-bond acceptors (Lipinski definition) is 3. The largest absolute Gasteiger partial charge is 0.390 e. The van der Waals surface area contributed by atoms with E-state index in [9.17, 15) is 5.11 Å². The molecule has 1 saturated carbocycles. The van der Waals surface area contributed by atoms with E-state index in [0.717, 1.165) is 19.3 Å². The van der Waals surface area contributed by atoms with Gasteiger partial charge in [-0.25, -0.2) is 0 Å². The first kappa shape index (κ1) is 12.9. The fourth-order valence-corrected chi connectivity index (χ4v) is 2.29. The highest BCUT2D eigenvalue weighted by Gasteiger charge is 2.30. The smallest absolute Gasteiger partial charge is 0.0841 e. The van der Waals surface area contributed by atoms with Gasteiger partial charge >= 0.3 is 0 Å². The summed E-state index contributed by atoms with van der Waals surface area (Å²) in [6, 6.07) is 0. The predicted octanol–water partition coefficient (Wildman–Crippen LogP) is 1.98. The molecule has 1 rings (SSSR count). The zero-order chi connectivity index (χ0) is 11.3. The second-order valence-electron chi connectivity index (χ2n) is 4.60. The highest BCUT2D eigenvalue weighted by Crippen LogP contribution is 2.29. The molecule has 0 aliphatic heterocycles. The molecule has 0 heterocycles. The van der Waals surface area contributed by atoms with Crippen molar-refractivity contribution in [2.24, 2.45) is 5.92 Å². The molecular formula is C12H24O3. The first-order valence-electron chi connectivity index (χ1n) is 5.99. The standard InChI is InChI=1S/C12H24O3/c1-4-10-5-6-11(13)12(7-10)15-9(2)8-14-3/h9-13H,4-8H2,1-3H3. The second kappa shape index (κ2) is 6.46. The van der Waals surface area contributed by atoms with Crippen LogP contribution in [0.5, 0.6) is 0 Å². The van der Waals surface area contributed by atoms with Gasteiger partial charge in [-0.15, -0.1) is 0 Å². The van der Waals surface area contributed by atoms with Crippen molar-refractivity contribution in [2.45, 2.75) is 57.8 Å². The highest BCUT2D eigenvalue weighted by atomic mass is 16.5. The number of aliphatic hydroxyl groups excluding tert-OH is 1. The summed E-state index contributed by atoms with van der Waals surface area (Å²) < 4.78 is 10.8. The predicted molar refractivity (Wildman–Crippen MR) is 59.8 cm³/mol. The molecular weight excluding hydrogens is 192 g/mol. The molecule has 1 aliphatic carbocycles. The van der Waals surface area contributed by atoms with Gasteiger partial charge in [-0.3, -0.25) is 0 Å². The van der Waals surface area contributed by atoms with Gasteiger partial charge in [-0.2, -0.15) is 0 Å². The van der Waals surface area contributed by atoms with Crippen LogP contribution in [0.3, 0.4) is 0 Å². The third kappa shape index (κ3) is 4.09. The molecule has 0 spiro atoms. The molecule has 1 N–H and O–H groups in total. The average Bonchev–Trinajstić information content (AvgIpc) is 2.21. The van der Waals surface area contributed by atoms with Crippen molar-refractivity contribution in [3.63, 3.8) is 0 Å². The summed E-state index contributed by atoms with van der Waals surface area (Å²) in [5, 5.41) is 9.83. The Labute approximate surface area is 92.8 Å². The lowest BCUT2D eigenvalue weighted by Gasteiger charge is -2.34. The number of aliphatic hydroxyl groups is 1. The molecule has 90 valence electrons. The molecule has 4 atom stereocenters. The Morgan fingerprint density at radius 3 is 2.73 bits per heavy atom. The van der Waals surface area contributed by atoms with Gasteiger partial charge < -0.3 is 14.6 Å². The van der Waals surface area contributed by atoms with Gasteiger partial charge in [0, 0.05) is 7.11 Å². The number of rotatable bonds is 5. The van der Waals surface area contributed by atoms with Crippen LogP contribution in [0.15, 0.2) is 0 Å². The van der Waals surface area contributed by atoms with Gasteiger partial charge in [0.1, 0.15) is 0 Å². The summed E-state index contributed by atoms with van der Waals surface area (Å²) in [6.45, 7) is 4.80. The molecule has 0 saturated heterocycles. The first-order chi connectivity index (χ1) is 7.17. The molecule has 1 fully saturated rings. The summed E-state index contributed by atoms with van der Waals surface area (Å²) in [4.78, 5) is 0. The van der Waals surface area contributed by atoms with Crippen molar-refractivity contribution in [2.75, 3.05) is 13.7 Å². The van der Waals surface area contributed by atoms with Crippen molar-refractivity contribution in [1.29, 1.82) is 0 Å². The Hall–Kier alpha value is -0.120. The van der Waals surface area contributed by atoms with Crippen molar-refractivity contribution in [3.8, 4) is 0 Å². The summed E-state index contributed by atoms with van der Waals surface area (Å²) in [5.74, 6) is 0.716. The molecule has 1 aliphatic rings. The molecule has 0 amide bonds. The van der Waals surface area contributed by atoms with Gasteiger partial charge in [0.25, 0.3) is 0 Å². The quantitative estimate of drug-likeness (QED) is 0.763. The van der Waals surface area contributed by atoms with Crippen LogP contribution in [0.1, 0.15) is 39.5 Å². The summed E-state index contributed by atoms with van der Waals surface area (Å²) in [6.07, 6.45) is 3.99. The van der Waals surface area contributed by atoms with Crippen molar-refractivity contribution in [3.05, 3.63) is 0 Å². The normalized spacial score (nSPS) is 34.0. The van der Waals surface area contributed by atoms with Crippen molar-refractivity contribution < 1.29 is 14.6 Å². The summed E-state index contributed by atoms with van der Waals surface area (Å²) in [5.41, 5.74) is 0. The average molecular weight is 216 g/mol. The van der Waals surface area contributed by atoms with E-state index in [-0.39, 0.29) is 18.3 Å². The van der Waals surface area contributed by atoms with Crippen LogP contribution in [0.4, 0.5) is 0 Å². The monoisotopic (exact) mass is 216 g/mol. The van der Waals surface area contributed by atoms with E-state index in [4.69, 9.17) is 9.47 Å². The van der Waals surface area contributed by atoms with E-state index in [1.54, 1.807) is 7.11 Å². The Kier molecular flexibility index (Phi) is 5.58. The lowest BCUT2D eigenvalue weighted by atomic mass is 9.84. The van der Waals surface area contributed by atoms with Crippen molar-refractivity contribution in [1.82, 2.24) is 0 Å². The zero-order valence-electron chi connectivity index (χ0n) is 10.1. The fourth-order valence-electron chi connectivity index (χ4n) is 2.29. The molecule has 15 heavy (non-hydrogen) atoms. The lowest BCUT2D eigenvalue weighted by molar-refractivity contribution is -0.113. The van der Waals surface area contributed by atoms with Gasteiger partial charge in [0.05, 0.1) is 24.9 Å². The third-order valence-corrected chi connectivity index (χ3v) is 3.25. The molecule has 3 heteroatoms. The minimum absolute atomic E-state index is 0.00819. The van der Waals surface area contributed by atoms with Crippen LogP contribution >= 0.6 is 0 Å². The van der Waals surface area contributed by atoms with E-state index in [1.807, 2.05) is 6.92 Å². The molecule has 3 nitrogen and oxygen atoms in total. The van der Waals surface area contributed by atoms with Gasteiger partial charge in [-0.05, 0) is 32.1 Å². The maximum atomic E-state index is 9.83. The van der Waals surface area contributed by atoms with Gasteiger partial charge in [0.15, 0.2) is 0 Å². The van der Waals surface area contributed by atoms with E-state index >= 15 is 0 Å². The highest BCUT2D eigenvalue weighted by molar-refractivity contribution is 4.80. The van der Waals surface area contributed by atoms with Crippen molar-refractivity contribution >= 4 is 0 Å². The van der Waals surface area contributed by atoms with Gasteiger partial charge in [-0.1, -0.05) is 13.3 Å². The Morgan fingerprint density at radius 1 is 1.40 bits per heavy atom. The molecule has 0 aromatic heterocycles. The molecule has 0 radical (unpaired) electrons. The number of methoxy groups -OCH3 is 1. The third-order valence-electron chi connectivity index (χ3n) is 3.25. The van der Waals surface area contributed by atoms with E-state index in [2.05, 4.69) is 6.92 Å². The Bertz CT molecular complexity index is 172. The molecule has 0 bridgehead atoms. The van der Waals surface area contributed by atoms with Gasteiger partial charge in [0.2, 0.25) is 0 Å². The van der Waals surface area contributed by atoms with Crippen LogP contribution in [0.2, 0.25) is 0 Å². The molecule has 4 unspecified atom stereocenters. The maximum Gasteiger partial charge on any atom is 0.0841 e. The zero-order valence-corrected chi connectivity index (χ0v) is 10.1. The maximum absolute atomic E-state index is 9.83. The minimum atomic E-state index is -0.285. The summed E-state index contributed by atoms with van der Waals surface area (Å²) >= 11 is 0. The Balaban J connectivity index is 2.36. The van der Waals surface area contributed by atoms with Crippen LogP contribution < -0.4 is 0 Å². The van der Waals surface area contributed by atoms with Crippen LogP contribution in [-0.4, -0.2) is 37.1 Å². The van der Waals surface area contributed by atoms with E-state index < -0.39 is 0 Å². The molecule has 0 aromatic carbocycles. The Morgan fingerprint density at radius 2 is 2.13 bits per heavy atom. The lowest BCUT2D eigenvalue weighted by Crippen LogP contribution is -2.38. The minimum Gasteiger partial charge on any atom is -0.390 e. The first-order valence-corrected chi connectivity index (χ1v) is 5.99. The number of ether oxygens (including phenoxy) is 2. The van der Waals surface area contributed by atoms with Crippen LogP contribution in [0, 0.1) is 5.92 Å². The number of hydrogen-bond donors (Lipinski definition) is 1. The van der Waals surface area contributed by atoms with E-state index in [0.29, 0.717) is 12.5 Å². The molecule has 0 aromatic rings. The fraction of sp³-hybridized carbons (Fsp3) is 1.00. The SMILES string of the molecule is CCC1CCC(O)C(OC(C)COC)C1. The van der Waals surface area contributed by atoms with E-state index in [1.165, 1.54) is 6.42 Å².